The number of thioether (sulfide) groups is 1. The van der Waals surface area contributed by atoms with Gasteiger partial charge in [0, 0.05) is 23.0 Å². The maximum Gasteiger partial charge on any atom is 0.267 e. The summed E-state index contributed by atoms with van der Waals surface area (Å²) in [6.45, 7) is 8.18. The number of hydrogen-bond acceptors (Lipinski definition) is 5. The zero-order chi connectivity index (χ0) is 19.8. The molecule has 0 saturated heterocycles. The molecule has 4 rings (SSSR count). The van der Waals surface area contributed by atoms with Crippen LogP contribution in [0.3, 0.4) is 0 Å². The predicted molar refractivity (Wildman–Crippen MR) is 118 cm³/mol. The lowest BCUT2D eigenvalue weighted by molar-refractivity contribution is 0.815. The van der Waals surface area contributed by atoms with Crippen molar-refractivity contribution < 1.29 is 0 Å². The summed E-state index contributed by atoms with van der Waals surface area (Å²) in [4.78, 5) is 24.6. The highest BCUT2D eigenvalue weighted by atomic mass is 32.2. The first-order valence-electron chi connectivity index (χ1n) is 9.08. The van der Waals surface area contributed by atoms with Gasteiger partial charge in [-0.15, -0.1) is 11.3 Å². The third-order valence-corrected chi connectivity index (χ3v) is 7.19. The van der Waals surface area contributed by atoms with Crippen molar-refractivity contribution in [2.24, 2.45) is 0 Å². The molecule has 0 aliphatic heterocycles. The Kier molecular flexibility index (Phi) is 5.08. The van der Waals surface area contributed by atoms with Gasteiger partial charge in [0.05, 0.1) is 11.1 Å². The summed E-state index contributed by atoms with van der Waals surface area (Å²) in [6, 6.07) is 10.0. The smallest absolute Gasteiger partial charge is 0.267 e. The van der Waals surface area contributed by atoms with Gasteiger partial charge in [0.1, 0.15) is 4.83 Å². The van der Waals surface area contributed by atoms with Crippen LogP contribution in [0.4, 0.5) is 0 Å². The molecule has 4 nitrogen and oxygen atoms in total. The first kappa shape index (κ1) is 18.9. The second kappa shape index (κ2) is 7.53. The van der Waals surface area contributed by atoms with Crippen LogP contribution >= 0.6 is 23.1 Å². The van der Waals surface area contributed by atoms with Crippen LogP contribution < -0.4 is 5.56 Å². The Hall–Kier alpha value is -2.44. The molecule has 142 valence electrons. The number of pyridine rings is 1. The van der Waals surface area contributed by atoms with Crippen LogP contribution in [0.1, 0.15) is 27.1 Å². The Morgan fingerprint density at radius 1 is 1.07 bits per heavy atom. The molecule has 3 aromatic heterocycles. The molecule has 0 saturated carbocycles. The minimum Gasteiger partial charge on any atom is -0.268 e. The lowest BCUT2D eigenvalue weighted by Crippen LogP contribution is -2.22. The molecule has 0 unspecified atom stereocenters. The second-order valence-electron chi connectivity index (χ2n) is 6.87. The molecular formula is C22H21N3OS2. The number of aromatic nitrogens is 3. The molecule has 0 N–H and O–H groups in total. The van der Waals surface area contributed by atoms with E-state index in [2.05, 4.69) is 24.9 Å². The Bertz CT molecular complexity index is 1230. The highest BCUT2D eigenvalue weighted by molar-refractivity contribution is 7.98. The van der Waals surface area contributed by atoms with Gasteiger partial charge in [-0.05, 0) is 62.1 Å². The average molecular weight is 408 g/mol. The van der Waals surface area contributed by atoms with E-state index < -0.39 is 0 Å². The monoisotopic (exact) mass is 407 g/mol. The number of thiophene rings is 1. The summed E-state index contributed by atoms with van der Waals surface area (Å²) in [5, 5.41) is 1.45. The van der Waals surface area contributed by atoms with Gasteiger partial charge in [-0.1, -0.05) is 30.0 Å². The molecule has 3 heterocycles. The number of rotatable bonds is 4. The summed E-state index contributed by atoms with van der Waals surface area (Å²) in [7, 11) is 0. The topological polar surface area (TPSA) is 47.8 Å². The lowest BCUT2D eigenvalue weighted by Gasteiger charge is -2.15. The minimum absolute atomic E-state index is 0.00855. The van der Waals surface area contributed by atoms with E-state index in [1.807, 2.05) is 44.3 Å². The van der Waals surface area contributed by atoms with Crippen molar-refractivity contribution >= 4 is 33.3 Å². The Morgan fingerprint density at radius 3 is 2.64 bits per heavy atom. The molecular weight excluding hydrogens is 386 g/mol. The number of fused-ring (bicyclic) bond motifs is 1. The Labute approximate surface area is 172 Å². The van der Waals surface area contributed by atoms with Gasteiger partial charge in [-0.3, -0.25) is 14.3 Å². The largest absolute Gasteiger partial charge is 0.268 e. The fourth-order valence-corrected chi connectivity index (χ4v) is 5.20. The summed E-state index contributed by atoms with van der Waals surface area (Å²) in [5.41, 5.74) is 5.29. The molecule has 6 heteroatoms. The average Bonchev–Trinajstić information content (AvgIpc) is 2.98. The van der Waals surface area contributed by atoms with E-state index in [1.165, 1.54) is 0 Å². The number of nitrogens with zero attached hydrogens (tertiary/aromatic N) is 3. The molecule has 0 aliphatic carbocycles. The second-order valence-corrected chi connectivity index (χ2v) is 9.01. The molecule has 0 aliphatic rings. The van der Waals surface area contributed by atoms with Crippen LogP contribution in [0, 0.1) is 27.7 Å². The molecule has 1 aromatic carbocycles. The summed E-state index contributed by atoms with van der Waals surface area (Å²) < 4.78 is 1.78. The van der Waals surface area contributed by atoms with Crippen molar-refractivity contribution in [2.45, 2.75) is 38.6 Å². The van der Waals surface area contributed by atoms with Crippen molar-refractivity contribution in [3.63, 3.8) is 0 Å². The molecule has 0 atom stereocenters. The first-order chi connectivity index (χ1) is 13.5. The maximum atomic E-state index is 13.6. The highest BCUT2D eigenvalue weighted by Crippen LogP contribution is 2.31. The predicted octanol–water partition coefficient (Wildman–Crippen LogP) is 5.37. The minimum atomic E-state index is 0.00855. The van der Waals surface area contributed by atoms with Crippen molar-refractivity contribution in [1.29, 1.82) is 0 Å². The molecule has 0 amide bonds. The quantitative estimate of drug-likeness (QED) is 0.337. The molecule has 4 aromatic rings. The van der Waals surface area contributed by atoms with Crippen LogP contribution in [-0.4, -0.2) is 14.5 Å². The summed E-state index contributed by atoms with van der Waals surface area (Å²) >= 11 is 3.16. The van der Waals surface area contributed by atoms with Crippen LogP contribution in [-0.2, 0) is 5.75 Å². The van der Waals surface area contributed by atoms with Gasteiger partial charge in [-0.25, -0.2) is 4.98 Å². The van der Waals surface area contributed by atoms with E-state index in [0.29, 0.717) is 5.75 Å². The number of aryl methyl sites for hydroxylation is 3. The van der Waals surface area contributed by atoms with E-state index in [-0.39, 0.29) is 5.56 Å². The molecule has 0 radical (unpaired) electrons. The van der Waals surface area contributed by atoms with Crippen molar-refractivity contribution in [1.82, 2.24) is 14.5 Å². The van der Waals surface area contributed by atoms with Crippen molar-refractivity contribution in [2.75, 3.05) is 0 Å². The third-order valence-electron chi connectivity index (χ3n) is 5.08. The van der Waals surface area contributed by atoms with Gasteiger partial charge >= 0.3 is 0 Å². The fraction of sp³-hybridized carbons (Fsp3) is 0.227. The normalized spacial score (nSPS) is 11.3. The Morgan fingerprint density at radius 2 is 1.89 bits per heavy atom. The number of hydrogen-bond donors (Lipinski definition) is 0. The number of benzene rings is 1. The standard InChI is InChI=1S/C22H21N3OS2/c1-13-7-5-9-18(14(13)2)25-21(26)19-15(3)16(4)28-20(19)24-22(25)27-12-17-8-6-10-23-11-17/h5-11H,12H2,1-4H3. The van der Waals surface area contributed by atoms with E-state index in [0.717, 1.165) is 48.2 Å². The van der Waals surface area contributed by atoms with E-state index >= 15 is 0 Å². The molecule has 0 spiro atoms. The third kappa shape index (κ3) is 3.27. The van der Waals surface area contributed by atoms with E-state index in [9.17, 15) is 4.79 Å². The summed E-state index contributed by atoms with van der Waals surface area (Å²) in [5.74, 6) is 0.708. The van der Waals surface area contributed by atoms with Crippen LogP contribution in [0.5, 0.6) is 0 Å². The zero-order valence-corrected chi connectivity index (χ0v) is 17.9. The first-order valence-corrected chi connectivity index (χ1v) is 10.9. The van der Waals surface area contributed by atoms with Gasteiger partial charge in [0.25, 0.3) is 5.56 Å². The highest BCUT2D eigenvalue weighted by Gasteiger charge is 2.19. The Balaban J connectivity index is 1.94. The lowest BCUT2D eigenvalue weighted by atomic mass is 10.1. The van der Waals surface area contributed by atoms with E-state index in [4.69, 9.17) is 4.98 Å². The van der Waals surface area contributed by atoms with Crippen LogP contribution in [0.25, 0.3) is 15.9 Å². The fourth-order valence-electron chi connectivity index (χ4n) is 3.19. The van der Waals surface area contributed by atoms with Gasteiger partial charge in [0.2, 0.25) is 0 Å². The van der Waals surface area contributed by atoms with Crippen LogP contribution in [0.2, 0.25) is 0 Å². The van der Waals surface area contributed by atoms with Crippen molar-refractivity contribution in [3.05, 3.63) is 80.2 Å². The van der Waals surface area contributed by atoms with Gasteiger partial charge in [-0.2, -0.15) is 0 Å². The van der Waals surface area contributed by atoms with Crippen molar-refractivity contribution in [3.8, 4) is 5.69 Å². The molecule has 0 bridgehead atoms. The maximum absolute atomic E-state index is 13.6. The summed E-state index contributed by atoms with van der Waals surface area (Å²) in [6.07, 6.45) is 3.62. The van der Waals surface area contributed by atoms with E-state index in [1.54, 1.807) is 33.9 Å². The van der Waals surface area contributed by atoms with Gasteiger partial charge in [0.15, 0.2) is 5.16 Å². The zero-order valence-electron chi connectivity index (χ0n) is 16.3. The van der Waals surface area contributed by atoms with Gasteiger partial charge < -0.3 is 0 Å². The molecule has 28 heavy (non-hydrogen) atoms. The SMILES string of the molecule is Cc1cccc(-n2c(SCc3cccnc3)nc3sc(C)c(C)c3c2=O)c1C. The molecule has 0 fully saturated rings. The van der Waals surface area contributed by atoms with Crippen LogP contribution in [0.15, 0.2) is 52.7 Å².